The number of rotatable bonds is 7. The summed E-state index contributed by atoms with van der Waals surface area (Å²) in [5, 5.41) is 5.62. The molecule has 0 aliphatic heterocycles. The van der Waals surface area contributed by atoms with Crippen molar-refractivity contribution < 1.29 is 18.3 Å². The number of halogens is 3. The van der Waals surface area contributed by atoms with Gasteiger partial charge in [0.15, 0.2) is 0 Å². The Kier molecular flexibility index (Phi) is 5.50. The molecule has 2 aromatic heterocycles. The summed E-state index contributed by atoms with van der Waals surface area (Å²) in [4.78, 5) is 18.5. The zero-order chi connectivity index (χ0) is 17.8. The Balaban J connectivity index is 1.68. The molecular formula is C16H14ClF2N3O2S. The van der Waals surface area contributed by atoms with E-state index < -0.39 is 18.8 Å². The highest BCUT2D eigenvalue weighted by Gasteiger charge is 2.12. The Morgan fingerprint density at radius 2 is 2.24 bits per heavy atom. The van der Waals surface area contributed by atoms with Gasteiger partial charge in [-0.1, -0.05) is 11.6 Å². The minimum atomic E-state index is -2.65. The van der Waals surface area contributed by atoms with Crippen LogP contribution in [0, 0.1) is 0 Å². The van der Waals surface area contributed by atoms with E-state index in [1.54, 1.807) is 23.7 Å². The van der Waals surface area contributed by atoms with Crippen LogP contribution in [-0.4, -0.2) is 22.3 Å². The standard InChI is InChI=1S/C16H14ClF2N3O2S/c17-12-2-9-1-10(5-20-16(23)4-15(18)19)22-13(9)3-14(12)24-6-11-7-25-8-21-11/h1-3,7-8,15,22H,4-6H2,(H,20,23). The van der Waals surface area contributed by atoms with Crippen molar-refractivity contribution in [2.24, 2.45) is 0 Å². The number of nitrogens with one attached hydrogen (secondary N) is 2. The molecule has 1 aromatic carbocycles. The van der Waals surface area contributed by atoms with Crippen LogP contribution in [0.25, 0.3) is 10.9 Å². The molecule has 2 N–H and O–H groups in total. The van der Waals surface area contributed by atoms with E-state index in [2.05, 4.69) is 15.3 Å². The lowest BCUT2D eigenvalue weighted by Crippen LogP contribution is -2.24. The molecule has 9 heteroatoms. The van der Waals surface area contributed by atoms with Gasteiger partial charge in [-0.2, -0.15) is 0 Å². The van der Waals surface area contributed by atoms with Crippen LogP contribution in [0.3, 0.4) is 0 Å². The number of fused-ring (bicyclic) bond motifs is 1. The van der Waals surface area contributed by atoms with Gasteiger partial charge < -0.3 is 15.0 Å². The van der Waals surface area contributed by atoms with Gasteiger partial charge in [0, 0.05) is 28.0 Å². The summed E-state index contributed by atoms with van der Waals surface area (Å²) in [6.07, 6.45) is -3.46. The third-order valence-corrected chi connectivity index (χ3v) is 4.33. The van der Waals surface area contributed by atoms with Gasteiger partial charge >= 0.3 is 0 Å². The van der Waals surface area contributed by atoms with E-state index in [1.165, 1.54) is 11.3 Å². The van der Waals surface area contributed by atoms with Crippen molar-refractivity contribution in [3.8, 4) is 5.75 Å². The number of alkyl halides is 2. The molecule has 132 valence electrons. The van der Waals surface area contributed by atoms with Gasteiger partial charge in [0.2, 0.25) is 12.3 Å². The number of carbonyl (C=O) groups is 1. The average Bonchev–Trinajstić information content (AvgIpc) is 3.19. The van der Waals surface area contributed by atoms with E-state index in [-0.39, 0.29) is 6.54 Å². The fourth-order valence-corrected chi connectivity index (χ4v) is 3.04. The molecule has 0 unspecified atom stereocenters. The lowest BCUT2D eigenvalue weighted by Gasteiger charge is -2.06. The molecule has 3 rings (SSSR count). The topological polar surface area (TPSA) is 67.0 Å². The van der Waals surface area contributed by atoms with Gasteiger partial charge in [0.05, 0.1) is 29.2 Å². The zero-order valence-corrected chi connectivity index (χ0v) is 14.5. The fourth-order valence-electron chi connectivity index (χ4n) is 2.27. The summed E-state index contributed by atoms with van der Waals surface area (Å²) in [5.74, 6) is -0.184. The second-order valence-electron chi connectivity index (χ2n) is 5.30. The molecule has 25 heavy (non-hydrogen) atoms. The lowest BCUT2D eigenvalue weighted by atomic mass is 10.2. The van der Waals surface area contributed by atoms with E-state index in [0.29, 0.717) is 23.1 Å². The second-order valence-corrected chi connectivity index (χ2v) is 6.43. The first kappa shape index (κ1) is 17.6. The molecule has 0 radical (unpaired) electrons. The maximum atomic E-state index is 12.1. The number of aromatic nitrogens is 2. The summed E-state index contributed by atoms with van der Waals surface area (Å²) < 4.78 is 30.0. The quantitative estimate of drug-likeness (QED) is 0.642. The molecule has 5 nitrogen and oxygen atoms in total. The Bertz CT molecular complexity index is 868. The SMILES string of the molecule is O=C(CC(F)F)NCc1cc2cc(Cl)c(OCc3cscn3)cc2[nH]1. The molecule has 0 spiro atoms. The Hall–Kier alpha value is -2.19. The summed E-state index contributed by atoms with van der Waals surface area (Å²) in [5.41, 5.74) is 4.00. The van der Waals surface area contributed by atoms with Crippen molar-refractivity contribution in [2.45, 2.75) is 26.0 Å². The molecule has 0 bridgehead atoms. The fraction of sp³-hybridized carbons (Fsp3) is 0.250. The third-order valence-electron chi connectivity index (χ3n) is 3.40. The molecule has 3 aromatic rings. The number of H-pyrrole nitrogens is 1. The van der Waals surface area contributed by atoms with Crippen LogP contribution in [0.4, 0.5) is 8.78 Å². The molecule has 0 aliphatic rings. The number of hydrogen-bond donors (Lipinski definition) is 2. The van der Waals surface area contributed by atoms with Gasteiger partial charge in [-0.15, -0.1) is 11.3 Å². The van der Waals surface area contributed by atoms with E-state index in [4.69, 9.17) is 16.3 Å². The average molecular weight is 386 g/mol. The molecule has 0 fully saturated rings. The monoisotopic (exact) mass is 385 g/mol. The van der Waals surface area contributed by atoms with Gasteiger partial charge in [-0.05, 0) is 12.1 Å². The molecular weight excluding hydrogens is 372 g/mol. The van der Waals surface area contributed by atoms with Crippen LogP contribution in [0.1, 0.15) is 17.8 Å². The van der Waals surface area contributed by atoms with Crippen molar-refractivity contribution in [3.05, 3.63) is 45.5 Å². The number of thiazole rings is 1. The highest BCUT2D eigenvalue weighted by Crippen LogP contribution is 2.31. The van der Waals surface area contributed by atoms with Crippen LogP contribution in [0.15, 0.2) is 29.1 Å². The first-order chi connectivity index (χ1) is 12.0. The van der Waals surface area contributed by atoms with Crippen LogP contribution in [-0.2, 0) is 17.9 Å². The van der Waals surface area contributed by atoms with Crippen LogP contribution in [0.5, 0.6) is 5.75 Å². The Labute approximate surface area is 151 Å². The molecule has 2 heterocycles. The predicted molar refractivity (Wildman–Crippen MR) is 92.2 cm³/mol. The van der Waals surface area contributed by atoms with Crippen molar-refractivity contribution in [3.63, 3.8) is 0 Å². The van der Waals surface area contributed by atoms with Crippen LogP contribution in [0.2, 0.25) is 5.02 Å². The van der Waals surface area contributed by atoms with Crippen molar-refractivity contribution in [2.75, 3.05) is 0 Å². The van der Waals surface area contributed by atoms with E-state index in [0.717, 1.165) is 16.6 Å². The smallest absolute Gasteiger partial charge is 0.247 e. The lowest BCUT2D eigenvalue weighted by molar-refractivity contribution is -0.123. The highest BCUT2D eigenvalue weighted by molar-refractivity contribution is 7.07. The predicted octanol–water partition coefficient (Wildman–Crippen LogP) is 4.13. The van der Waals surface area contributed by atoms with Gasteiger partial charge in [0.1, 0.15) is 12.4 Å². The minimum Gasteiger partial charge on any atom is -0.486 e. The number of benzene rings is 1. The van der Waals surface area contributed by atoms with Crippen molar-refractivity contribution in [1.29, 1.82) is 0 Å². The Morgan fingerprint density at radius 3 is 2.96 bits per heavy atom. The maximum Gasteiger partial charge on any atom is 0.247 e. The Morgan fingerprint density at radius 1 is 1.40 bits per heavy atom. The summed E-state index contributed by atoms with van der Waals surface area (Å²) >= 11 is 7.71. The number of amides is 1. The van der Waals surface area contributed by atoms with E-state index in [9.17, 15) is 13.6 Å². The van der Waals surface area contributed by atoms with Gasteiger partial charge in [-0.3, -0.25) is 4.79 Å². The van der Waals surface area contributed by atoms with Crippen LogP contribution < -0.4 is 10.1 Å². The number of nitrogens with zero attached hydrogens (tertiary/aromatic N) is 1. The number of ether oxygens (including phenoxy) is 1. The van der Waals surface area contributed by atoms with Gasteiger partial charge in [0.25, 0.3) is 0 Å². The molecule has 0 aliphatic carbocycles. The summed E-state index contributed by atoms with van der Waals surface area (Å²) in [7, 11) is 0. The van der Waals surface area contributed by atoms with Crippen molar-refractivity contribution >= 4 is 39.7 Å². The maximum absolute atomic E-state index is 12.1. The largest absolute Gasteiger partial charge is 0.486 e. The normalized spacial score (nSPS) is 11.2. The number of carbonyl (C=O) groups excluding carboxylic acids is 1. The van der Waals surface area contributed by atoms with Crippen molar-refractivity contribution in [1.82, 2.24) is 15.3 Å². The summed E-state index contributed by atoms with van der Waals surface area (Å²) in [6.45, 7) is 0.443. The first-order valence-electron chi connectivity index (χ1n) is 7.37. The first-order valence-corrected chi connectivity index (χ1v) is 8.69. The summed E-state index contributed by atoms with van der Waals surface area (Å²) in [6, 6.07) is 5.30. The number of aromatic amines is 1. The van der Waals surface area contributed by atoms with E-state index >= 15 is 0 Å². The second kappa shape index (κ2) is 7.79. The minimum absolute atomic E-state index is 0.132. The number of hydrogen-bond acceptors (Lipinski definition) is 4. The highest BCUT2D eigenvalue weighted by atomic mass is 35.5. The van der Waals surface area contributed by atoms with E-state index in [1.807, 2.05) is 5.38 Å². The molecule has 1 amide bonds. The zero-order valence-electron chi connectivity index (χ0n) is 12.9. The molecule has 0 atom stereocenters. The van der Waals surface area contributed by atoms with Crippen LogP contribution >= 0.6 is 22.9 Å². The molecule has 0 saturated carbocycles. The molecule has 0 saturated heterocycles. The van der Waals surface area contributed by atoms with Gasteiger partial charge in [-0.25, -0.2) is 13.8 Å². The third kappa shape index (κ3) is 4.67.